The van der Waals surface area contributed by atoms with Gasteiger partial charge in [-0.1, -0.05) is 19.1 Å². The van der Waals surface area contributed by atoms with Gasteiger partial charge in [0.1, 0.15) is 5.75 Å². The lowest BCUT2D eigenvalue weighted by Crippen LogP contribution is -2.28. The molecule has 0 aliphatic heterocycles. The normalized spacial score (nSPS) is 13.5. The van der Waals surface area contributed by atoms with E-state index < -0.39 is 33.3 Å². The summed E-state index contributed by atoms with van der Waals surface area (Å²) >= 11 is 0. The van der Waals surface area contributed by atoms with Crippen molar-refractivity contribution in [3.05, 3.63) is 29.8 Å². The van der Waals surface area contributed by atoms with E-state index in [2.05, 4.69) is 4.18 Å². The molecule has 0 fully saturated rings. The van der Waals surface area contributed by atoms with E-state index >= 15 is 0 Å². The van der Waals surface area contributed by atoms with Crippen molar-refractivity contribution < 1.29 is 35.3 Å². The highest BCUT2D eigenvalue weighted by Crippen LogP contribution is 2.27. The standard InChI is InChI=1S/C13H15F3O5S/c1-3-20-12(17)9(2)7-10-5-4-6-11(8-10)21-22(18,19)13(14,15)16/h4-6,8-9H,3,7H2,1-2H3. The molecule has 0 aromatic heterocycles. The number of hydrogen-bond donors (Lipinski definition) is 0. The van der Waals surface area contributed by atoms with E-state index in [1.807, 2.05) is 0 Å². The highest BCUT2D eigenvalue weighted by Gasteiger charge is 2.48. The van der Waals surface area contributed by atoms with Crippen molar-refractivity contribution in [2.45, 2.75) is 25.8 Å². The fraction of sp³-hybridized carbons (Fsp3) is 0.462. The van der Waals surface area contributed by atoms with Crippen LogP contribution >= 0.6 is 0 Å². The van der Waals surface area contributed by atoms with Gasteiger partial charge >= 0.3 is 21.6 Å². The van der Waals surface area contributed by atoms with Gasteiger partial charge in [0.05, 0.1) is 12.5 Å². The van der Waals surface area contributed by atoms with Gasteiger partial charge in [0, 0.05) is 0 Å². The minimum Gasteiger partial charge on any atom is -0.466 e. The molecule has 1 rings (SSSR count). The maximum atomic E-state index is 12.2. The molecule has 0 spiro atoms. The monoisotopic (exact) mass is 340 g/mol. The summed E-state index contributed by atoms with van der Waals surface area (Å²) in [7, 11) is -5.71. The van der Waals surface area contributed by atoms with E-state index in [0.717, 1.165) is 12.1 Å². The zero-order valence-corrected chi connectivity index (χ0v) is 12.7. The number of alkyl halides is 3. The van der Waals surface area contributed by atoms with Crippen molar-refractivity contribution in [3.8, 4) is 5.75 Å². The molecule has 0 bridgehead atoms. The Morgan fingerprint density at radius 3 is 2.50 bits per heavy atom. The van der Waals surface area contributed by atoms with Crippen LogP contribution in [0.3, 0.4) is 0 Å². The van der Waals surface area contributed by atoms with Crippen LogP contribution in [0.4, 0.5) is 13.2 Å². The number of carbonyl (C=O) groups is 1. The van der Waals surface area contributed by atoms with Crippen LogP contribution in [0.25, 0.3) is 0 Å². The van der Waals surface area contributed by atoms with Crippen LogP contribution in [-0.2, 0) is 26.1 Å². The minimum atomic E-state index is -5.71. The van der Waals surface area contributed by atoms with Gasteiger partial charge in [0.15, 0.2) is 0 Å². The zero-order chi connectivity index (χ0) is 17.0. The highest BCUT2D eigenvalue weighted by atomic mass is 32.2. The lowest BCUT2D eigenvalue weighted by atomic mass is 10.0. The molecular formula is C13H15F3O5S. The Morgan fingerprint density at radius 2 is 1.95 bits per heavy atom. The number of hydrogen-bond acceptors (Lipinski definition) is 5. The summed E-state index contributed by atoms with van der Waals surface area (Å²) in [6, 6.07) is 5.11. The summed E-state index contributed by atoms with van der Waals surface area (Å²) in [5.41, 5.74) is -5.04. The molecule has 9 heteroatoms. The predicted molar refractivity (Wildman–Crippen MR) is 71.5 cm³/mol. The van der Waals surface area contributed by atoms with Crippen LogP contribution in [0.15, 0.2) is 24.3 Å². The van der Waals surface area contributed by atoms with Crippen LogP contribution in [0, 0.1) is 5.92 Å². The molecule has 5 nitrogen and oxygen atoms in total. The molecule has 0 aliphatic carbocycles. The molecule has 0 aliphatic rings. The zero-order valence-electron chi connectivity index (χ0n) is 11.9. The number of benzene rings is 1. The van der Waals surface area contributed by atoms with Crippen molar-refractivity contribution in [2.24, 2.45) is 5.92 Å². The fourth-order valence-corrected chi connectivity index (χ4v) is 2.07. The van der Waals surface area contributed by atoms with Crippen molar-refractivity contribution in [2.75, 3.05) is 6.61 Å². The summed E-state index contributed by atoms with van der Waals surface area (Å²) in [6.07, 6.45) is 0.183. The lowest BCUT2D eigenvalue weighted by Gasteiger charge is -2.12. The Labute approximate surface area is 126 Å². The molecule has 0 heterocycles. The second-order valence-corrected chi connectivity index (χ2v) is 6.03. The molecule has 0 saturated heterocycles. The predicted octanol–water partition coefficient (Wildman–Crippen LogP) is 2.66. The van der Waals surface area contributed by atoms with E-state index in [-0.39, 0.29) is 13.0 Å². The van der Waals surface area contributed by atoms with Gasteiger partial charge < -0.3 is 8.92 Å². The number of carbonyl (C=O) groups excluding carboxylic acids is 1. The second-order valence-electron chi connectivity index (χ2n) is 4.49. The Morgan fingerprint density at radius 1 is 1.32 bits per heavy atom. The summed E-state index contributed by atoms with van der Waals surface area (Å²) in [6.45, 7) is 3.47. The third-order valence-corrected chi connectivity index (χ3v) is 3.60. The van der Waals surface area contributed by atoms with E-state index in [0.29, 0.717) is 5.56 Å². The molecule has 1 unspecified atom stereocenters. The Bertz CT molecular complexity index is 625. The minimum absolute atomic E-state index is 0.183. The molecule has 0 saturated carbocycles. The fourth-order valence-electron chi connectivity index (χ4n) is 1.62. The van der Waals surface area contributed by atoms with Gasteiger partial charge in [0.2, 0.25) is 0 Å². The first-order chi connectivity index (χ1) is 10.1. The summed E-state index contributed by atoms with van der Waals surface area (Å²) < 4.78 is 67.4. The summed E-state index contributed by atoms with van der Waals surface area (Å²) in [5.74, 6) is -1.43. The number of halogens is 3. The summed E-state index contributed by atoms with van der Waals surface area (Å²) in [5, 5.41) is 0. The van der Waals surface area contributed by atoms with Crippen LogP contribution in [0.5, 0.6) is 5.75 Å². The van der Waals surface area contributed by atoms with E-state index in [1.165, 1.54) is 6.07 Å². The van der Waals surface area contributed by atoms with Gasteiger partial charge in [-0.15, -0.1) is 0 Å². The molecule has 0 radical (unpaired) electrons. The number of ether oxygens (including phenoxy) is 1. The van der Waals surface area contributed by atoms with Gasteiger partial charge in [-0.05, 0) is 31.0 Å². The molecule has 1 aromatic rings. The number of rotatable bonds is 6. The largest absolute Gasteiger partial charge is 0.534 e. The van der Waals surface area contributed by atoms with Gasteiger partial charge in [-0.3, -0.25) is 4.79 Å². The van der Waals surface area contributed by atoms with Gasteiger partial charge in [-0.25, -0.2) is 0 Å². The van der Waals surface area contributed by atoms with E-state index in [1.54, 1.807) is 19.9 Å². The lowest BCUT2D eigenvalue weighted by molar-refractivity contribution is -0.147. The molecule has 22 heavy (non-hydrogen) atoms. The average molecular weight is 340 g/mol. The quantitative estimate of drug-likeness (QED) is 0.452. The third kappa shape index (κ3) is 4.90. The molecule has 1 aromatic carbocycles. The molecule has 124 valence electrons. The maximum Gasteiger partial charge on any atom is 0.534 e. The first kappa shape index (κ1) is 18.3. The van der Waals surface area contributed by atoms with E-state index in [9.17, 15) is 26.4 Å². The first-order valence-corrected chi connectivity index (χ1v) is 7.74. The third-order valence-electron chi connectivity index (χ3n) is 2.62. The molecule has 0 amide bonds. The Kier molecular flexibility index (Phi) is 5.81. The van der Waals surface area contributed by atoms with Crippen molar-refractivity contribution in [1.29, 1.82) is 0 Å². The molecule has 0 N–H and O–H groups in total. The topological polar surface area (TPSA) is 69.7 Å². The number of esters is 1. The molecule has 1 atom stereocenters. The Balaban J connectivity index is 2.85. The van der Waals surface area contributed by atoms with Crippen LogP contribution in [0.2, 0.25) is 0 Å². The maximum absolute atomic E-state index is 12.2. The summed E-state index contributed by atoms with van der Waals surface area (Å²) in [4.78, 5) is 11.5. The van der Waals surface area contributed by atoms with Crippen molar-refractivity contribution >= 4 is 16.1 Å². The van der Waals surface area contributed by atoms with Crippen LogP contribution in [-0.4, -0.2) is 26.5 Å². The Hall–Kier alpha value is -1.77. The van der Waals surface area contributed by atoms with Crippen LogP contribution in [0.1, 0.15) is 19.4 Å². The van der Waals surface area contributed by atoms with Crippen LogP contribution < -0.4 is 4.18 Å². The molecular weight excluding hydrogens is 325 g/mol. The van der Waals surface area contributed by atoms with E-state index in [4.69, 9.17) is 4.74 Å². The van der Waals surface area contributed by atoms with Gasteiger partial charge in [0.25, 0.3) is 0 Å². The highest BCUT2D eigenvalue weighted by molar-refractivity contribution is 7.87. The average Bonchev–Trinajstić information content (AvgIpc) is 2.37. The van der Waals surface area contributed by atoms with Crippen molar-refractivity contribution in [1.82, 2.24) is 0 Å². The first-order valence-electron chi connectivity index (χ1n) is 6.33. The van der Waals surface area contributed by atoms with Crippen molar-refractivity contribution in [3.63, 3.8) is 0 Å². The second kappa shape index (κ2) is 6.99. The SMILES string of the molecule is CCOC(=O)C(C)Cc1cccc(OS(=O)(=O)C(F)(F)F)c1. The smallest absolute Gasteiger partial charge is 0.466 e. The van der Waals surface area contributed by atoms with Gasteiger partial charge in [-0.2, -0.15) is 21.6 Å².